The molecule has 0 aromatic heterocycles. The van der Waals surface area contributed by atoms with E-state index in [9.17, 15) is 9.59 Å². The van der Waals surface area contributed by atoms with Crippen LogP contribution in [0.4, 0.5) is 10.5 Å². The van der Waals surface area contributed by atoms with Crippen LogP contribution in [-0.4, -0.2) is 54.1 Å². The predicted octanol–water partition coefficient (Wildman–Crippen LogP) is 4.65. The van der Waals surface area contributed by atoms with Gasteiger partial charge in [0.05, 0.1) is 0 Å². The summed E-state index contributed by atoms with van der Waals surface area (Å²) in [5.41, 5.74) is 7.45. The van der Waals surface area contributed by atoms with Crippen molar-refractivity contribution in [3.05, 3.63) is 29.8 Å². The minimum Gasteiger partial charge on any atom is -0.444 e. The molecule has 6 nitrogen and oxygen atoms in total. The zero-order valence-corrected chi connectivity index (χ0v) is 19.6. The highest BCUT2D eigenvalue weighted by Gasteiger charge is 2.32. The molecule has 2 aliphatic rings. The first kappa shape index (κ1) is 23.4. The van der Waals surface area contributed by atoms with Crippen LogP contribution in [0.5, 0.6) is 0 Å². The number of carbonyl (C=O) groups excluding carboxylic acids is 2. The molecule has 1 heterocycles. The molecule has 172 valence electrons. The quantitative estimate of drug-likeness (QED) is 0.707. The Morgan fingerprint density at radius 3 is 2.16 bits per heavy atom. The van der Waals surface area contributed by atoms with Gasteiger partial charge in [-0.3, -0.25) is 4.79 Å². The first-order chi connectivity index (χ1) is 14.6. The third-order valence-corrected chi connectivity index (χ3v) is 6.65. The fourth-order valence-electron chi connectivity index (χ4n) is 4.85. The second-order valence-electron chi connectivity index (χ2n) is 10.3. The van der Waals surface area contributed by atoms with E-state index in [2.05, 4.69) is 17.0 Å². The van der Waals surface area contributed by atoms with Crippen molar-refractivity contribution in [2.45, 2.75) is 70.8 Å². The summed E-state index contributed by atoms with van der Waals surface area (Å²) in [5, 5.41) is 0. The van der Waals surface area contributed by atoms with Crippen molar-refractivity contribution in [3.63, 3.8) is 0 Å². The molecule has 6 heteroatoms. The summed E-state index contributed by atoms with van der Waals surface area (Å²) in [6.45, 7) is 8.03. The maximum Gasteiger partial charge on any atom is 0.410 e. The molecule has 0 unspecified atom stereocenters. The Kier molecular flexibility index (Phi) is 7.50. The molecule has 31 heavy (non-hydrogen) atoms. The summed E-state index contributed by atoms with van der Waals surface area (Å²) < 4.78 is 5.45. The van der Waals surface area contributed by atoms with Gasteiger partial charge in [0.15, 0.2) is 0 Å². The zero-order valence-electron chi connectivity index (χ0n) is 19.6. The fourth-order valence-corrected chi connectivity index (χ4v) is 4.85. The van der Waals surface area contributed by atoms with Gasteiger partial charge in [0.2, 0.25) is 5.91 Å². The van der Waals surface area contributed by atoms with Crippen LogP contribution in [0.3, 0.4) is 0 Å². The van der Waals surface area contributed by atoms with E-state index in [1.165, 1.54) is 5.56 Å². The van der Waals surface area contributed by atoms with Gasteiger partial charge in [-0.05, 0) is 88.8 Å². The predicted molar refractivity (Wildman–Crippen MR) is 124 cm³/mol. The number of hydrogen-bond donors (Lipinski definition) is 1. The van der Waals surface area contributed by atoms with Gasteiger partial charge in [-0.25, -0.2) is 4.79 Å². The highest BCUT2D eigenvalue weighted by atomic mass is 16.6. The van der Waals surface area contributed by atoms with Crippen LogP contribution in [0.15, 0.2) is 24.3 Å². The minimum atomic E-state index is -0.475. The van der Waals surface area contributed by atoms with Crippen molar-refractivity contribution in [2.24, 2.45) is 11.8 Å². The first-order valence-electron chi connectivity index (χ1n) is 11.7. The Hall–Kier alpha value is -2.24. The molecule has 0 radical (unpaired) electrons. The largest absolute Gasteiger partial charge is 0.444 e. The standard InChI is InChI=1S/C25H39N3O3/c1-25(2,3)31-24(30)27(4)17-18-5-7-21(8-6-18)23(29)28-15-13-20(14-16-28)19-9-11-22(26)12-10-19/h9-12,18,20-21H,5-8,13-17,26H2,1-4H3. The molecule has 0 atom stereocenters. The van der Waals surface area contributed by atoms with Crippen LogP contribution in [0.25, 0.3) is 0 Å². The molecule has 0 bridgehead atoms. The Morgan fingerprint density at radius 2 is 1.61 bits per heavy atom. The number of benzene rings is 1. The van der Waals surface area contributed by atoms with Gasteiger partial charge in [-0.1, -0.05) is 12.1 Å². The average molecular weight is 430 g/mol. The van der Waals surface area contributed by atoms with Crippen LogP contribution in [0.2, 0.25) is 0 Å². The molecule has 2 fully saturated rings. The van der Waals surface area contributed by atoms with Gasteiger partial charge in [0.1, 0.15) is 5.60 Å². The van der Waals surface area contributed by atoms with Crippen LogP contribution in [-0.2, 0) is 9.53 Å². The van der Waals surface area contributed by atoms with E-state index in [4.69, 9.17) is 10.5 Å². The molecule has 1 saturated carbocycles. The van der Waals surface area contributed by atoms with Gasteiger partial charge in [0.25, 0.3) is 0 Å². The summed E-state index contributed by atoms with van der Waals surface area (Å²) in [7, 11) is 1.80. The summed E-state index contributed by atoms with van der Waals surface area (Å²) in [6, 6.07) is 8.16. The first-order valence-corrected chi connectivity index (χ1v) is 11.7. The molecular weight excluding hydrogens is 390 g/mol. The Morgan fingerprint density at radius 1 is 1.03 bits per heavy atom. The number of ether oxygens (including phenoxy) is 1. The number of nitrogens with zero attached hydrogens (tertiary/aromatic N) is 2. The number of piperidine rings is 1. The van der Waals surface area contributed by atoms with Crippen LogP contribution in [0.1, 0.15) is 70.8 Å². The molecule has 1 aliphatic heterocycles. The van der Waals surface area contributed by atoms with E-state index in [1.54, 1.807) is 11.9 Å². The van der Waals surface area contributed by atoms with Gasteiger partial charge in [-0.2, -0.15) is 0 Å². The number of rotatable bonds is 4. The average Bonchev–Trinajstić information content (AvgIpc) is 2.73. The third kappa shape index (κ3) is 6.62. The van der Waals surface area contributed by atoms with Crippen molar-refractivity contribution in [2.75, 3.05) is 32.4 Å². The number of carbonyl (C=O) groups is 2. The van der Waals surface area contributed by atoms with Crippen LogP contribution >= 0.6 is 0 Å². The maximum atomic E-state index is 13.1. The summed E-state index contributed by atoms with van der Waals surface area (Å²) >= 11 is 0. The smallest absolute Gasteiger partial charge is 0.410 e. The Balaban J connectivity index is 1.41. The molecule has 1 aromatic rings. The van der Waals surface area contributed by atoms with Crippen molar-refractivity contribution in [1.29, 1.82) is 0 Å². The molecule has 1 aromatic carbocycles. The molecule has 0 spiro atoms. The molecule has 1 aliphatic carbocycles. The maximum absolute atomic E-state index is 13.1. The molecule has 2 N–H and O–H groups in total. The summed E-state index contributed by atoms with van der Waals surface area (Å²) in [5.74, 6) is 1.42. The van der Waals surface area contributed by atoms with Gasteiger partial charge >= 0.3 is 6.09 Å². The number of anilines is 1. The lowest BCUT2D eigenvalue weighted by Crippen LogP contribution is -2.43. The van der Waals surface area contributed by atoms with E-state index >= 15 is 0 Å². The van der Waals surface area contributed by atoms with E-state index in [1.807, 2.05) is 32.9 Å². The normalized spacial score (nSPS) is 22.8. The molecule has 1 saturated heterocycles. The van der Waals surface area contributed by atoms with Gasteiger partial charge in [-0.15, -0.1) is 0 Å². The molecule has 2 amide bonds. The second kappa shape index (κ2) is 9.92. The highest BCUT2D eigenvalue weighted by molar-refractivity contribution is 5.79. The summed E-state index contributed by atoms with van der Waals surface area (Å²) in [6.07, 6.45) is 5.59. The van der Waals surface area contributed by atoms with E-state index in [-0.39, 0.29) is 12.0 Å². The monoisotopic (exact) mass is 429 g/mol. The van der Waals surface area contributed by atoms with Crippen molar-refractivity contribution in [1.82, 2.24) is 9.80 Å². The lowest BCUT2D eigenvalue weighted by molar-refractivity contribution is -0.138. The van der Waals surface area contributed by atoms with E-state index in [0.29, 0.717) is 24.3 Å². The fraction of sp³-hybridized carbons (Fsp3) is 0.680. The van der Waals surface area contributed by atoms with Crippen molar-refractivity contribution < 1.29 is 14.3 Å². The van der Waals surface area contributed by atoms with Crippen molar-refractivity contribution in [3.8, 4) is 0 Å². The summed E-state index contributed by atoms with van der Waals surface area (Å²) in [4.78, 5) is 29.0. The van der Waals surface area contributed by atoms with Crippen molar-refractivity contribution >= 4 is 17.7 Å². The SMILES string of the molecule is CN(CC1CCC(C(=O)N2CCC(c3ccc(N)cc3)CC2)CC1)C(=O)OC(C)(C)C. The highest BCUT2D eigenvalue weighted by Crippen LogP contribution is 2.33. The number of hydrogen-bond acceptors (Lipinski definition) is 4. The van der Waals surface area contributed by atoms with Gasteiger partial charge in [0, 0.05) is 38.3 Å². The lowest BCUT2D eigenvalue weighted by Gasteiger charge is -2.37. The van der Waals surface area contributed by atoms with Crippen LogP contribution in [0, 0.1) is 11.8 Å². The number of nitrogens with two attached hydrogens (primary N) is 1. The zero-order chi connectivity index (χ0) is 22.6. The number of nitrogen functional groups attached to an aromatic ring is 1. The molecule has 3 rings (SSSR count). The minimum absolute atomic E-state index is 0.135. The lowest BCUT2D eigenvalue weighted by atomic mass is 9.80. The van der Waals surface area contributed by atoms with E-state index in [0.717, 1.165) is 57.3 Å². The number of amides is 2. The molecular formula is C25H39N3O3. The Bertz CT molecular complexity index is 740. The van der Waals surface area contributed by atoms with Gasteiger partial charge < -0.3 is 20.3 Å². The third-order valence-electron chi connectivity index (χ3n) is 6.65. The van der Waals surface area contributed by atoms with E-state index < -0.39 is 5.60 Å². The second-order valence-corrected chi connectivity index (χ2v) is 10.3. The topological polar surface area (TPSA) is 75.9 Å². The number of likely N-dealkylation sites (tertiary alicyclic amines) is 1. The van der Waals surface area contributed by atoms with Crippen LogP contribution < -0.4 is 5.73 Å². The Labute approximate surface area is 187 Å².